The number of para-hydroxylation sites is 2. The van der Waals surface area contributed by atoms with Gasteiger partial charge in [-0.2, -0.15) is 0 Å². The maximum absolute atomic E-state index is 6.10. The molecule has 0 atom stereocenters. The number of hydrogen-bond acceptors (Lipinski definition) is 3. The lowest BCUT2D eigenvalue weighted by molar-refractivity contribution is -0.0579. The van der Waals surface area contributed by atoms with Gasteiger partial charge in [0.2, 0.25) is 0 Å². The summed E-state index contributed by atoms with van der Waals surface area (Å²) in [5.41, 5.74) is 3.67. The van der Waals surface area contributed by atoms with Crippen molar-refractivity contribution in [3.05, 3.63) is 41.7 Å². The van der Waals surface area contributed by atoms with Crippen LogP contribution in [0.25, 0.3) is 11.0 Å². The first-order valence-corrected chi connectivity index (χ1v) is 8.21. The maximum Gasteiger partial charge on any atom is 0.121 e. The Balaban J connectivity index is 1.42. The molecular formula is C18H23N3O. The second-order valence-electron chi connectivity index (χ2n) is 6.63. The van der Waals surface area contributed by atoms with Crippen LogP contribution < -0.4 is 0 Å². The Hall–Kier alpha value is -1.65. The molecule has 1 saturated heterocycles. The second-order valence-corrected chi connectivity index (χ2v) is 6.63. The van der Waals surface area contributed by atoms with Gasteiger partial charge in [-0.3, -0.25) is 4.90 Å². The number of ether oxygens (including phenoxy) is 1. The number of hydrogen-bond donors (Lipinski definition) is 1. The normalized spacial score (nSPS) is 22.1. The lowest BCUT2D eigenvalue weighted by Gasteiger charge is -2.42. The zero-order valence-corrected chi connectivity index (χ0v) is 13.1. The number of nitrogens with zero attached hydrogens (tertiary/aromatic N) is 2. The van der Waals surface area contributed by atoms with Crippen LogP contribution in [0.15, 0.2) is 35.9 Å². The highest BCUT2D eigenvalue weighted by Gasteiger charge is 2.35. The molecule has 4 rings (SSSR count). The largest absolute Gasteiger partial charge is 0.370 e. The molecule has 0 radical (unpaired) electrons. The van der Waals surface area contributed by atoms with Crippen LogP contribution in [-0.2, 0) is 11.3 Å². The Bertz CT molecular complexity index is 662. The van der Waals surface area contributed by atoms with Crippen molar-refractivity contribution in [2.45, 2.75) is 38.3 Å². The maximum atomic E-state index is 6.10. The van der Waals surface area contributed by atoms with E-state index in [1.165, 1.54) is 5.57 Å². The molecule has 2 aromatic rings. The molecule has 3 heterocycles. The fourth-order valence-electron chi connectivity index (χ4n) is 3.65. The summed E-state index contributed by atoms with van der Waals surface area (Å²) >= 11 is 0. The third-order valence-corrected chi connectivity index (χ3v) is 4.91. The molecule has 2 aliphatic heterocycles. The molecule has 0 saturated carbocycles. The van der Waals surface area contributed by atoms with Crippen molar-refractivity contribution in [3.63, 3.8) is 0 Å². The topological polar surface area (TPSA) is 41.2 Å². The molecule has 0 aliphatic carbocycles. The molecule has 116 valence electrons. The number of imidazole rings is 1. The Kier molecular flexibility index (Phi) is 3.51. The van der Waals surface area contributed by atoms with E-state index in [9.17, 15) is 0 Å². The third-order valence-electron chi connectivity index (χ3n) is 4.91. The van der Waals surface area contributed by atoms with Crippen LogP contribution in [0.3, 0.4) is 0 Å². The van der Waals surface area contributed by atoms with Gasteiger partial charge in [0, 0.05) is 13.1 Å². The zero-order valence-electron chi connectivity index (χ0n) is 13.1. The molecule has 1 spiro atoms. The van der Waals surface area contributed by atoms with Crippen molar-refractivity contribution in [2.75, 3.05) is 19.7 Å². The van der Waals surface area contributed by atoms with Crippen molar-refractivity contribution in [3.8, 4) is 0 Å². The summed E-state index contributed by atoms with van der Waals surface area (Å²) in [5, 5.41) is 0. The van der Waals surface area contributed by atoms with E-state index in [4.69, 9.17) is 4.74 Å². The zero-order chi connectivity index (χ0) is 15.0. The van der Waals surface area contributed by atoms with Gasteiger partial charge in [0.15, 0.2) is 0 Å². The predicted molar refractivity (Wildman–Crippen MR) is 87.7 cm³/mol. The summed E-state index contributed by atoms with van der Waals surface area (Å²) in [6, 6.07) is 8.22. The Labute approximate surface area is 131 Å². The average molecular weight is 297 g/mol. The highest BCUT2D eigenvalue weighted by atomic mass is 16.5. The molecule has 0 amide bonds. The summed E-state index contributed by atoms with van der Waals surface area (Å²) in [7, 11) is 0. The molecule has 4 nitrogen and oxygen atoms in total. The summed E-state index contributed by atoms with van der Waals surface area (Å²) < 4.78 is 6.10. The van der Waals surface area contributed by atoms with Crippen LogP contribution in [0.2, 0.25) is 0 Å². The van der Waals surface area contributed by atoms with E-state index in [0.29, 0.717) is 0 Å². The average Bonchev–Trinajstić information content (AvgIpc) is 2.92. The Morgan fingerprint density at radius 1 is 1.27 bits per heavy atom. The molecule has 1 aromatic carbocycles. The molecule has 1 fully saturated rings. The van der Waals surface area contributed by atoms with Crippen LogP contribution in [0, 0.1) is 0 Å². The molecular weight excluding hydrogens is 274 g/mol. The number of likely N-dealkylation sites (tertiary alicyclic amines) is 1. The molecule has 22 heavy (non-hydrogen) atoms. The SMILES string of the molecule is CC1=CC2(CCN(Cc3nc4ccccc4[nH]3)CC2)OCC1. The van der Waals surface area contributed by atoms with Gasteiger partial charge in [-0.1, -0.05) is 23.8 Å². The fourth-order valence-corrected chi connectivity index (χ4v) is 3.65. The molecule has 4 heteroatoms. The van der Waals surface area contributed by atoms with Gasteiger partial charge in [-0.25, -0.2) is 4.98 Å². The summed E-state index contributed by atoms with van der Waals surface area (Å²) in [6.07, 6.45) is 5.63. The van der Waals surface area contributed by atoms with Gasteiger partial charge >= 0.3 is 0 Å². The Morgan fingerprint density at radius 3 is 2.86 bits per heavy atom. The molecule has 2 aliphatic rings. The van der Waals surface area contributed by atoms with E-state index < -0.39 is 0 Å². The molecule has 1 aromatic heterocycles. The van der Waals surface area contributed by atoms with Gasteiger partial charge in [-0.05, 0) is 38.3 Å². The number of fused-ring (bicyclic) bond motifs is 1. The number of benzene rings is 1. The van der Waals surface area contributed by atoms with E-state index in [0.717, 1.165) is 62.4 Å². The van der Waals surface area contributed by atoms with Gasteiger partial charge < -0.3 is 9.72 Å². The molecule has 0 unspecified atom stereocenters. The lowest BCUT2D eigenvalue weighted by atomic mass is 9.87. The highest BCUT2D eigenvalue weighted by molar-refractivity contribution is 5.74. The van der Waals surface area contributed by atoms with Crippen LogP contribution in [0.1, 0.15) is 32.0 Å². The first-order valence-electron chi connectivity index (χ1n) is 8.21. The predicted octanol–water partition coefficient (Wildman–Crippen LogP) is 3.26. The van der Waals surface area contributed by atoms with E-state index in [1.807, 2.05) is 12.1 Å². The molecule has 0 bridgehead atoms. The summed E-state index contributed by atoms with van der Waals surface area (Å²) in [6.45, 7) is 6.14. The number of piperidine rings is 1. The number of nitrogens with one attached hydrogen (secondary N) is 1. The van der Waals surface area contributed by atoms with Gasteiger partial charge in [0.05, 0.1) is 29.8 Å². The van der Waals surface area contributed by atoms with Crippen LogP contribution in [0.4, 0.5) is 0 Å². The van der Waals surface area contributed by atoms with Crippen molar-refractivity contribution >= 4 is 11.0 Å². The summed E-state index contributed by atoms with van der Waals surface area (Å²) in [5.74, 6) is 1.06. The number of aromatic nitrogens is 2. The third kappa shape index (κ3) is 2.69. The van der Waals surface area contributed by atoms with Gasteiger partial charge in [0.1, 0.15) is 5.82 Å². The first-order chi connectivity index (χ1) is 10.7. The van der Waals surface area contributed by atoms with Crippen LogP contribution in [-0.4, -0.2) is 40.2 Å². The van der Waals surface area contributed by atoms with E-state index in [2.05, 4.69) is 40.0 Å². The minimum atomic E-state index is 0.00666. The first kappa shape index (κ1) is 14.0. The van der Waals surface area contributed by atoms with E-state index in [1.54, 1.807) is 0 Å². The van der Waals surface area contributed by atoms with Crippen LogP contribution >= 0.6 is 0 Å². The molecule has 1 N–H and O–H groups in total. The van der Waals surface area contributed by atoms with Gasteiger partial charge in [-0.15, -0.1) is 0 Å². The Morgan fingerprint density at radius 2 is 2.09 bits per heavy atom. The van der Waals surface area contributed by atoms with Crippen molar-refractivity contribution in [2.24, 2.45) is 0 Å². The standard InChI is InChI=1S/C18H23N3O/c1-14-6-11-22-18(12-14)7-9-21(10-8-18)13-17-19-15-4-2-3-5-16(15)20-17/h2-5,12H,6-11,13H2,1H3,(H,19,20). The van der Waals surface area contributed by atoms with Gasteiger partial charge in [0.25, 0.3) is 0 Å². The monoisotopic (exact) mass is 297 g/mol. The number of aromatic amines is 1. The lowest BCUT2D eigenvalue weighted by Crippen LogP contribution is -2.46. The minimum absolute atomic E-state index is 0.00666. The second kappa shape index (κ2) is 5.52. The smallest absolute Gasteiger partial charge is 0.121 e. The summed E-state index contributed by atoms with van der Waals surface area (Å²) in [4.78, 5) is 10.6. The van der Waals surface area contributed by atoms with E-state index in [-0.39, 0.29) is 5.60 Å². The van der Waals surface area contributed by atoms with E-state index >= 15 is 0 Å². The fraction of sp³-hybridized carbons (Fsp3) is 0.500. The quantitative estimate of drug-likeness (QED) is 0.865. The highest BCUT2D eigenvalue weighted by Crippen LogP contribution is 2.33. The minimum Gasteiger partial charge on any atom is -0.370 e. The van der Waals surface area contributed by atoms with Crippen molar-refractivity contribution < 1.29 is 4.74 Å². The number of H-pyrrole nitrogens is 1. The van der Waals surface area contributed by atoms with Crippen molar-refractivity contribution in [1.29, 1.82) is 0 Å². The van der Waals surface area contributed by atoms with Crippen LogP contribution in [0.5, 0.6) is 0 Å². The van der Waals surface area contributed by atoms with Crippen molar-refractivity contribution in [1.82, 2.24) is 14.9 Å². The number of rotatable bonds is 2.